The Labute approximate surface area is 141 Å². The van der Waals surface area contributed by atoms with Crippen molar-refractivity contribution in [2.24, 2.45) is 5.73 Å². The van der Waals surface area contributed by atoms with Gasteiger partial charge in [-0.1, -0.05) is 38.4 Å². The molecule has 120 valence electrons. The standard InChI is InChI=1S/C17H23ClN2OS/c1-17(2,3)15-10-22-16(20-15)12(9-19)7-11-5-6-14(21-4)13(18)8-11/h5-6,8,10,12H,7,9,19H2,1-4H3. The zero-order valence-corrected chi connectivity index (χ0v) is 15.1. The van der Waals surface area contributed by atoms with Gasteiger partial charge in [0.2, 0.25) is 0 Å². The van der Waals surface area contributed by atoms with Gasteiger partial charge in [-0.3, -0.25) is 0 Å². The number of aromatic nitrogens is 1. The number of hydrogen-bond acceptors (Lipinski definition) is 4. The van der Waals surface area contributed by atoms with Crippen molar-refractivity contribution in [3.8, 4) is 5.75 Å². The minimum absolute atomic E-state index is 0.0668. The van der Waals surface area contributed by atoms with Crippen LogP contribution in [0.2, 0.25) is 5.02 Å². The van der Waals surface area contributed by atoms with Crippen LogP contribution in [0.3, 0.4) is 0 Å². The van der Waals surface area contributed by atoms with E-state index in [0.29, 0.717) is 17.3 Å². The lowest BCUT2D eigenvalue weighted by Gasteiger charge is -2.16. The third kappa shape index (κ3) is 4.00. The number of ether oxygens (including phenoxy) is 1. The summed E-state index contributed by atoms with van der Waals surface area (Å²) in [6.45, 7) is 7.09. The van der Waals surface area contributed by atoms with Crippen LogP contribution in [0.5, 0.6) is 5.75 Å². The van der Waals surface area contributed by atoms with Crippen LogP contribution in [0, 0.1) is 0 Å². The van der Waals surface area contributed by atoms with E-state index >= 15 is 0 Å². The fourth-order valence-electron chi connectivity index (χ4n) is 2.21. The van der Waals surface area contributed by atoms with Gasteiger partial charge in [0.1, 0.15) is 5.75 Å². The van der Waals surface area contributed by atoms with E-state index in [1.807, 2.05) is 18.2 Å². The predicted octanol–water partition coefficient (Wildman–Crippen LogP) is 4.39. The summed E-state index contributed by atoms with van der Waals surface area (Å²) >= 11 is 7.89. The maximum atomic E-state index is 6.20. The van der Waals surface area contributed by atoms with Gasteiger partial charge in [-0.2, -0.15) is 0 Å². The predicted molar refractivity (Wildman–Crippen MR) is 94.3 cm³/mol. The normalized spacial score (nSPS) is 13.2. The number of nitrogens with two attached hydrogens (primary N) is 1. The highest BCUT2D eigenvalue weighted by Gasteiger charge is 2.21. The average molecular weight is 339 g/mol. The second-order valence-electron chi connectivity index (χ2n) is 6.43. The number of thiazole rings is 1. The van der Waals surface area contributed by atoms with Gasteiger partial charge in [0.05, 0.1) is 22.8 Å². The molecule has 1 unspecified atom stereocenters. The van der Waals surface area contributed by atoms with Crippen molar-refractivity contribution >= 4 is 22.9 Å². The van der Waals surface area contributed by atoms with E-state index in [2.05, 4.69) is 26.2 Å². The third-order valence-electron chi connectivity index (χ3n) is 3.62. The summed E-state index contributed by atoms with van der Waals surface area (Å²) in [7, 11) is 1.62. The van der Waals surface area contributed by atoms with Crippen molar-refractivity contribution in [1.82, 2.24) is 4.98 Å². The minimum Gasteiger partial charge on any atom is -0.495 e. The van der Waals surface area contributed by atoms with E-state index in [0.717, 1.165) is 22.7 Å². The lowest BCUT2D eigenvalue weighted by atomic mass is 9.93. The first-order chi connectivity index (χ1) is 10.3. The van der Waals surface area contributed by atoms with Gasteiger partial charge < -0.3 is 10.5 Å². The molecule has 0 aliphatic rings. The van der Waals surface area contributed by atoms with Crippen molar-refractivity contribution < 1.29 is 4.74 Å². The molecule has 1 atom stereocenters. The van der Waals surface area contributed by atoms with Crippen molar-refractivity contribution in [2.75, 3.05) is 13.7 Å². The highest BCUT2D eigenvalue weighted by Crippen LogP contribution is 2.31. The van der Waals surface area contributed by atoms with Crippen LogP contribution in [-0.4, -0.2) is 18.6 Å². The Morgan fingerprint density at radius 1 is 1.36 bits per heavy atom. The van der Waals surface area contributed by atoms with Crippen LogP contribution < -0.4 is 10.5 Å². The molecule has 0 spiro atoms. The van der Waals surface area contributed by atoms with E-state index in [-0.39, 0.29) is 11.3 Å². The van der Waals surface area contributed by atoms with Crippen molar-refractivity contribution in [1.29, 1.82) is 0 Å². The first-order valence-electron chi connectivity index (χ1n) is 7.33. The number of hydrogen-bond donors (Lipinski definition) is 1. The molecule has 5 heteroatoms. The topological polar surface area (TPSA) is 48.1 Å². The number of halogens is 1. The quantitative estimate of drug-likeness (QED) is 0.879. The van der Waals surface area contributed by atoms with Crippen LogP contribution in [-0.2, 0) is 11.8 Å². The molecule has 2 aromatic rings. The summed E-state index contributed by atoms with van der Waals surface area (Å²) in [5.41, 5.74) is 8.31. The van der Waals surface area contributed by atoms with E-state index < -0.39 is 0 Å². The van der Waals surface area contributed by atoms with Gasteiger partial charge in [0, 0.05) is 23.3 Å². The van der Waals surface area contributed by atoms with Gasteiger partial charge in [-0.15, -0.1) is 11.3 Å². The summed E-state index contributed by atoms with van der Waals surface area (Å²) in [6.07, 6.45) is 0.831. The summed E-state index contributed by atoms with van der Waals surface area (Å²) in [5, 5.41) is 3.86. The van der Waals surface area contributed by atoms with E-state index in [4.69, 9.17) is 27.1 Å². The smallest absolute Gasteiger partial charge is 0.137 e. The molecule has 0 saturated carbocycles. The van der Waals surface area contributed by atoms with E-state index in [1.54, 1.807) is 18.4 Å². The molecule has 3 nitrogen and oxygen atoms in total. The van der Waals surface area contributed by atoms with E-state index in [9.17, 15) is 0 Å². The molecule has 0 amide bonds. The third-order valence-corrected chi connectivity index (χ3v) is 4.93. The molecule has 0 saturated heterocycles. The van der Waals surface area contributed by atoms with Crippen LogP contribution >= 0.6 is 22.9 Å². The summed E-state index contributed by atoms with van der Waals surface area (Å²) < 4.78 is 5.19. The molecule has 1 heterocycles. The number of rotatable bonds is 5. The minimum atomic E-state index is 0.0668. The molecule has 22 heavy (non-hydrogen) atoms. The Morgan fingerprint density at radius 3 is 2.59 bits per heavy atom. The fraction of sp³-hybridized carbons (Fsp3) is 0.471. The monoisotopic (exact) mass is 338 g/mol. The molecule has 0 fully saturated rings. The summed E-state index contributed by atoms with van der Waals surface area (Å²) in [4.78, 5) is 4.79. The Kier molecular flexibility index (Phi) is 5.48. The zero-order valence-electron chi connectivity index (χ0n) is 13.5. The van der Waals surface area contributed by atoms with Crippen LogP contribution in [0.15, 0.2) is 23.6 Å². The maximum absolute atomic E-state index is 6.20. The van der Waals surface area contributed by atoms with Gasteiger partial charge in [0.15, 0.2) is 0 Å². The lowest BCUT2D eigenvalue weighted by molar-refractivity contribution is 0.415. The Hall–Kier alpha value is -1.10. The summed E-state index contributed by atoms with van der Waals surface area (Å²) in [5.74, 6) is 0.907. The number of benzene rings is 1. The Morgan fingerprint density at radius 2 is 2.09 bits per heavy atom. The molecule has 0 bridgehead atoms. The molecule has 1 aromatic carbocycles. The highest BCUT2D eigenvalue weighted by atomic mass is 35.5. The first-order valence-corrected chi connectivity index (χ1v) is 8.59. The molecule has 0 aliphatic carbocycles. The average Bonchev–Trinajstić information content (AvgIpc) is 2.94. The molecular formula is C17H23ClN2OS. The lowest BCUT2D eigenvalue weighted by Crippen LogP contribution is -2.16. The van der Waals surface area contributed by atoms with Crippen LogP contribution in [0.1, 0.15) is 43.0 Å². The number of nitrogens with zero attached hydrogens (tertiary/aromatic N) is 1. The SMILES string of the molecule is COc1ccc(CC(CN)c2nc(C(C)(C)C)cs2)cc1Cl. The molecule has 1 aromatic heterocycles. The van der Waals surface area contributed by atoms with Gasteiger partial charge in [-0.05, 0) is 24.1 Å². The largest absolute Gasteiger partial charge is 0.495 e. The molecule has 2 N–H and O–H groups in total. The molecule has 0 radical (unpaired) electrons. The zero-order chi connectivity index (χ0) is 16.3. The van der Waals surface area contributed by atoms with Crippen molar-refractivity contribution in [3.63, 3.8) is 0 Å². The van der Waals surface area contributed by atoms with Crippen molar-refractivity contribution in [2.45, 2.75) is 38.5 Å². The second-order valence-corrected chi connectivity index (χ2v) is 7.72. The highest BCUT2D eigenvalue weighted by molar-refractivity contribution is 7.09. The van der Waals surface area contributed by atoms with Crippen molar-refractivity contribution in [3.05, 3.63) is 44.9 Å². The maximum Gasteiger partial charge on any atom is 0.137 e. The van der Waals surface area contributed by atoms with Gasteiger partial charge in [0.25, 0.3) is 0 Å². The first kappa shape index (κ1) is 17.3. The van der Waals surface area contributed by atoms with E-state index in [1.165, 1.54) is 0 Å². The second kappa shape index (κ2) is 6.99. The molecule has 2 rings (SSSR count). The summed E-state index contributed by atoms with van der Waals surface area (Å²) in [6, 6.07) is 5.88. The molecule has 0 aliphatic heterocycles. The number of methoxy groups -OCH3 is 1. The molecular weight excluding hydrogens is 316 g/mol. The van der Waals surface area contributed by atoms with Crippen LogP contribution in [0.25, 0.3) is 0 Å². The Bertz CT molecular complexity index is 634. The Balaban J connectivity index is 2.19. The fourth-order valence-corrected chi connectivity index (χ4v) is 3.65. The van der Waals surface area contributed by atoms with Gasteiger partial charge >= 0.3 is 0 Å². The van der Waals surface area contributed by atoms with Gasteiger partial charge in [-0.25, -0.2) is 4.98 Å². The van der Waals surface area contributed by atoms with Crippen LogP contribution in [0.4, 0.5) is 0 Å².